The molecular formula is C13H22N2O6. The average Bonchev–Trinajstić information content (AvgIpc) is 2.42. The summed E-state index contributed by atoms with van der Waals surface area (Å²) in [7, 11) is 1.22. The molecule has 0 aromatic heterocycles. The molecule has 0 spiro atoms. The first-order valence-electron chi connectivity index (χ1n) is 6.70. The van der Waals surface area contributed by atoms with Crippen molar-refractivity contribution in [3.63, 3.8) is 0 Å². The lowest BCUT2D eigenvalue weighted by Gasteiger charge is -2.14. The topological polar surface area (TPSA) is 122 Å². The van der Waals surface area contributed by atoms with E-state index < -0.39 is 23.9 Å². The Kier molecular flexibility index (Phi) is 9.57. The van der Waals surface area contributed by atoms with Crippen molar-refractivity contribution in [3.8, 4) is 0 Å². The van der Waals surface area contributed by atoms with Gasteiger partial charge in [0, 0.05) is 19.9 Å². The minimum atomic E-state index is -1.12. The van der Waals surface area contributed by atoms with Gasteiger partial charge < -0.3 is 20.5 Å². The molecule has 0 aromatic rings. The SMILES string of the molecule is COC(=O)CCC(=O)N[C@@H](CCCCNC(C)=O)C(=O)O. The van der Waals surface area contributed by atoms with Gasteiger partial charge in [0.1, 0.15) is 6.04 Å². The maximum Gasteiger partial charge on any atom is 0.326 e. The van der Waals surface area contributed by atoms with Crippen molar-refractivity contribution < 1.29 is 29.0 Å². The van der Waals surface area contributed by atoms with E-state index in [0.29, 0.717) is 19.4 Å². The van der Waals surface area contributed by atoms with Crippen LogP contribution in [0, 0.1) is 0 Å². The first kappa shape index (κ1) is 18.9. The fourth-order valence-corrected chi connectivity index (χ4v) is 1.58. The number of hydrogen-bond donors (Lipinski definition) is 3. The van der Waals surface area contributed by atoms with Gasteiger partial charge in [-0.2, -0.15) is 0 Å². The fourth-order valence-electron chi connectivity index (χ4n) is 1.58. The van der Waals surface area contributed by atoms with Crippen LogP contribution in [0.25, 0.3) is 0 Å². The van der Waals surface area contributed by atoms with Crippen molar-refractivity contribution in [2.45, 2.75) is 45.1 Å². The summed E-state index contributed by atoms with van der Waals surface area (Å²) in [4.78, 5) is 44.1. The molecule has 0 aliphatic rings. The van der Waals surface area contributed by atoms with Gasteiger partial charge in [-0.1, -0.05) is 0 Å². The van der Waals surface area contributed by atoms with E-state index in [0.717, 1.165) is 0 Å². The zero-order valence-electron chi connectivity index (χ0n) is 12.3. The molecule has 120 valence electrons. The molecule has 0 aliphatic carbocycles. The Bertz CT molecular complexity index is 383. The van der Waals surface area contributed by atoms with Crippen LogP contribution in [-0.4, -0.2) is 48.6 Å². The molecule has 0 aliphatic heterocycles. The number of carboxylic acids is 1. The summed E-state index contributed by atoms with van der Waals surface area (Å²) in [6.45, 7) is 1.87. The second kappa shape index (κ2) is 10.6. The van der Waals surface area contributed by atoms with Crippen molar-refractivity contribution >= 4 is 23.8 Å². The van der Waals surface area contributed by atoms with E-state index >= 15 is 0 Å². The Morgan fingerprint density at radius 3 is 2.33 bits per heavy atom. The Hall–Kier alpha value is -2.12. The van der Waals surface area contributed by atoms with Crippen LogP contribution in [0.1, 0.15) is 39.0 Å². The molecule has 8 nitrogen and oxygen atoms in total. The van der Waals surface area contributed by atoms with Crippen LogP contribution < -0.4 is 10.6 Å². The van der Waals surface area contributed by atoms with E-state index in [4.69, 9.17) is 5.11 Å². The summed E-state index contributed by atoms with van der Waals surface area (Å²) in [5, 5.41) is 14.0. The lowest BCUT2D eigenvalue weighted by molar-refractivity contribution is -0.143. The summed E-state index contributed by atoms with van der Waals surface area (Å²) in [6.07, 6.45) is 1.24. The number of carbonyl (C=O) groups excluding carboxylic acids is 3. The van der Waals surface area contributed by atoms with Gasteiger partial charge in [0.25, 0.3) is 0 Å². The van der Waals surface area contributed by atoms with Crippen LogP contribution in [0.4, 0.5) is 0 Å². The van der Waals surface area contributed by atoms with Crippen LogP contribution in [0.5, 0.6) is 0 Å². The normalized spacial score (nSPS) is 11.3. The predicted molar refractivity (Wildman–Crippen MR) is 73.4 cm³/mol. The Balaban J connectivity index is 4.01. The second-order valence-corrected chi connectivity index (χ2v) is 4.51. The summed E-state index contributed by atoms with van der Waals surface area (Å²) in [5.74, 6) is -2.29. The van der Waals surface area contributed by atoms with E-state index in [1.165, 1.54) is 14.0 Å². The van der Waals surface area contributed by atoms with Crippen LogP contribution in [-0.2, 0) is 23.9 Å². The van der Waals surface area contributed by atoms with Gasteiger partial charge in [-0.3, -0.25) is 14.4 Å². The first-order chi connectivity index (χ1) is 9.86. The van der Waals surface area contributed by atoms with Gasteiger partial charge in [0.2, 0.25) is 11.8 Å². The van der Waals surface area contributed by atoms with Crippen molar-refractivity contribution in [2.24, 2.45) is 0 Å². The Morgan fingerprint density at radius 1 is 1.14 bits per heavy atom. The number of aliphatic carboxylic acids is 1. The maximum absolute atomic E-state index is 11.5. The molecule has 0 heterocycles. The van der Waals surface area contributed by atoms with Gasteiger partial charge in [-0.15, -0.1) is 0 Å². The number of ether oxygens (including phenoxy) is 1. The largest absolute Gasteiger partial charge is 0.480 e. The van der Waals surface area contributed by atoms with Gasteiger partial charge in [-0.05, 0) is 19.3 Å². The molecular weight excluding hydrogens is 280 g/mol. The van der Waals surface area contributed by atoms with E-state index in [9.17, 15) is 19.2 Å². The van der Waals surface area contributed by atoms with Crippen LogP contribution in [0.15, 0.2) is 0 Å². The number of rotatable bonds is 10. The third kappa shape index (κ3) is 10.3. The highest BCUT2D eigenvalue weighted by atomic mass is 16.5. The minimum absolute atomic E-state index is 0.0861. The van der Waals surface area contributed by atoms with Gasteiger partial charge in [0.05, 0.1) is 13.5 Å². The zero-order valence-corrected chi connectivity index (χ0v) is 12.3. The summed E-state index contributed by atoms with van der Waals surface area (Å²) >= 11 is 0. The second-order valence-electron chi connectivity index (χ2n) is 4.51. The van der Waals surface area contributed by atoms with E-state index in [1.807, 2.05) is 0 Å². The minimum Gasteiger partial charge on any atom is -0.480 e. The lowest BCUT2D eigenvalue weighted by atomic mass is 10.1. The summed E-state index contributed by atoms with van der Waals surface area (Å²) < 4.78 is 4.39. The van der Waals surface area contributed by atoms with Crippen LogP contribution in [0.2, 0.25) is 0 Å². The molecule has 0 saturated carbocycles. The number of methoxy groups -OCH3 is 1. The van der Waals surface area contributed by atoms with Crippen molar-refractivity contribution in [3.05, 3.63) is 0 Å². The molecule has 0 rings (SSSR count). The molecule has 0 radical (unpaired) electrons. The number of amides is 2. The molecule has 21 heavy (non-hydrogen) atoms. The molecule has 0 fully saturated rings. The van der Waals surface area contributed by atoms with Gasteiger partial charge >= 0.3 is 11.9 Å². The van der Waals surface area contributed by atoms with Crippen molar-refractivity contribution in [2.75, 3.05) is 13.7 Å². The summed E-state index contributed by atoms with van der Waals surface area (Å²) in [6, 6.07) is -0.993. The molecule has 1 atom stereocenters. The fraction of sp³-hybridized carbons (Fsp3) is 0.692. The standard InChI is InChI=1S/C13H22N2O6/c1-9(16)14-8-4-3-5-10(13(19)20)15-11(17)6-7-12(18)21-2/h10H,3-8H2,1-2H3,(H,14,16)(H,15,17)(H,19,20)/t10-/m0/s1. The van der Waals surface area contributed by atoms with E-state index in [2.05, 4.69) is 15.4 Å². The average molecular weight is 302 g/mol. The molecule has 0 bridgehead atoms. The third-order valence-corrected chi connectivity index (χ3v) is 2.71. The number of carbonyl (C=O) groups is 4. The van der Waals surface area contributed by atoms with E-state index in [-0.39, 0.29) is 25.2 Å². The van der Waals surface area contributed by atoms with Crippen molar-refractivity contribution in [1.82, 2.24) is 10.6 Å². The highest BCUT2D eigenvalue weighted by molar-refractivity contribution is 5.85. The zero-order chi connectivity index (χ0) is 16.3. The monoisotopic (exact) mass is 302 g/mol. The predicted octanol–water partition coefficient (Wildman–Crippen LogP) is -0.185. The smallest absolute Gasteiger partial charge is 0.326 e. The lowest BCUT2D eigenvalue weighted by Crippen LogP contribution is -2.41. The molecule has 0 aromatic carbocycles. The van der Waals surface area contributed by atoms with Crippen molar-refractivity contribution in [1.29, 1.82) is 0 Å². The highest BCUT2D eigenvalue weighted by Crippen LogP contribution is 2.02. The third-order valence-electron chi connectivity index (χ3n) is 2.71. The number of nitrogens with one attached hydrogen (secondary N) is 2. The number of esters is 1. The van der Waals surface area contributed by atoms with Gasteiger partial charge in [0.15, 0.2) is 0 Å². The molecule has 0 saturated heterocycles. The molecule has 2 amide bonds. The Morgan fingerprint density at radius 2 is 1.81 bits per heavy atom. The molecule has 3 N–H and O–H groups in total. The quantitative estimate of drug-likeness (QED) is 0.380. The molecule has 0 unspecified atom stereocenters. The van der Waals surface area contributed by atoms with E-state index in [1.54, 1.807) is 0 Å². The highest BCUT2D eigenvalue weighted by Gasteiger charge is 2.19. The maximum atomic E-state index is 11.5. The van der Waals surface area contributed by atoms with Crippen LogP contribution >= 0.6 is 0 Å². The number of unbranched alkanes of at least 4 members (excludes halogenated alkanes) is 1. The number of hydrogen-bond acceptors (Lipinski definition) is 5. The molecule has 8 heteroatoms. The van der Waals surface area contributed by atoms with Crippen LogP contribution in [0.3, 0.4) is 0 Å². The first-order valence-corrected chi connectivity index (χ1v) is 6.70. The van der Waals surface area contributed by atoms with Gasteiger partial charge in [-0.25, -0.2) is 4.79 Å². The Labute approximate surface area is 123 Å². The summed E-state index contributed by atoms with van der Waals surface area (Å²) in [5.41, 5.74) is 0. The number of carboxylic acid groups (broad SMARTS) is 1.